The summed E-state index contributed by atoms with van der Waals surface area (Å²) in [5.41, 5.74) is 16.2. The summed E-state index contributed by atoms with van der Waals surface area (Å²) in [4.78, 5) is 71.2. The summed E-state index contributed by atoms with van der Waals surface area (Å²) >= 11 is 0. The van der Waals surface area contributed by atoms with Crippen LogP contribution in [-0.4, -0.2) is 85.2 Å². The predicted molar refractivity (Wildman–Crippen MR) is 239 cm³/mol. The molecule has 0 radical (unpaired) electrons. The molecule has 1 aliphatic rings. The van der Waals surface area contributed by atoms with Crippen LogP contribution in [0.25, 0.3) is 11.1 Å². The molecule has 0 fully saturated rings. The number of nitrogens with one attached hydrogen (secondary N) is 1. The maximum atomic E-state index is 14.6. The van der Waals surface area contributed by atoms with Gasteiger partial charge in [0.15, 0.2) is 17.3 Å². The number of carbonyl (C=O) groups is 5. The Kier molecular flexibility index (Phi) is 19.8. The Morgan fingerprint density at radius 1 is 0.919 bits per heavy atom. The molecule has 0 unspecified atom stereocenters. The number of hydrogen-bond acceptors (Lipinski definition) is 11. The van der Waals surface area contributed by atoms with Crippen LogP contribution >= 0.6 is 0 Å². The van der Waals surface area contributed by atoms with E-state index >= 15 is 0 Å². The number of nitriles is 1. The number of benzene rings is 3. The summed E-state index contributed by atoms with van der Waals surface area (Å²) in [5, 5.41) is 22.6. The Morgan fingerprint density at radius 3 is 2.23 bits per heavy atom. The molecule has 0 saturated carbocycles. The van der Waals surface area contributed by atoms with Gasteiger partial charge in [-0.1, -0.05) is 76.3 Å². The quantitative estimate of drug-likeness (QED) is 0.0666. The van der Waals surface area contributed by atoms with Gasteiger partial charge in [0.25, 0.3) is 0 Å². The lowest BCUT2D eigenvalue weighted by Crippen LogP contribution is -2.46. The molecule has 13 nitrogen and oxygen atoms in total. The number of carbonyl (C=O) groups excluding carboxylic acids is 5. The fourth-order valence-corrected chi connectivity index (χ4v) is 7.99. The van der Waals surface area contributed by atoms with Crippen LogP contribution in [0.3, 0.4) is 0 Å². The van der Waals surface area contributed by atoms with Gasteiger partial charge in [-0.3, -0.25) is 24.0 Å². The monoisotopic (exact) mass is 851 g/mol. The zero-order chi connectivity index (χ0) is 45.2. The Labute approximate surface area is 366 Å². The zero-order valence-corrected chi connectivity index (χ0v) is 36.9. The minimum absolute atomic E-state index is 0.0291. The molecule has 62 heavy (non-hydrogen) atoms. The van der Waals surface area contributed by atoms with Gasteiger partial charge in [-0.15, -0.1) is 0 Å². The number of Topliss-reactive ketones (excluding diaryl/α,β-unsaturated/α-hetero) is 3. The molecule has 4 bridgehead atoms. The van der Waals surface area contributed by atoms with Crippen LogP contribution in [0.4, 0.5) is 0 Å². The number of ether oxygens (including phenoxy) is 2. The number of amides is 2. The maximum Gasteiger partial charge on any atom is 0.229 e. The summed E-state index contributed by atoms with van der Waals surface area (Å²) in [7, 11) is 1.45. The summed E-state index contributed by atoms with van der Waals surface area (Å²) in [5.74, 6) is -3.53. The first kappa shape index (κ1) is 49.2. The number of aliphatic hydroxyl groups excluding tert-OH is 1. The van der Waals surface area contributed by atoms with Crippen LogP contribution in [0.1, 0.15) is 117 Å². The number of fused-ring (bicyclic) bond motifs is 5. The molecule has 4 rings (SSSR count). The Balaban J connectivity index is 1.74. The second-order valence-electron chi connectivity index (χ2n) is 16.3. The second kappa shape index (κ2) is 24.9. The molecule has 2 amide bonds. The van der Waals surface area contributed by atoms with E-state index in [2.05, 4.69) is 12.2 Å². The number of nitrogens with zero attached hydrogens (tertiary/aromatic N) is 2. The lowest BCUT2D eigenvalue weighted by Gasteiger charge is -2.32. The second-order valence-corrected chi connectivity index (χ2v) is 16.3. The van der Waals surface area contributed by atoms with Gasteiger partial charge < -0.3 is 36.3 Å². The van der Waals surface area contributed by atoms with Crippen LogP contribution < -0.4 is 26.3 Å². The highest BCUT2D eigenvalue weighted by Gasteiger charge is 2.36. The highest BCUT2D eigenvalue weighted by Crippen LogP contribution is 2.41. The van der Waals surface area contributed by atoms with Crippen molar-refractivity contribution in [1.29, 1.82) is 5.26 Å². The number of rotatable bonds is 22. The molecule has 0 spiro atoms. The van der Waals surface area contributed by atoms with Crippen molar-refractivity contribution in [3.63, 3.8) is 0 Å². The first-order valence-corrected chi connectivity index (χ1v) is 22.0. The topological polar surface area (TPSA) is 215 Å². The van der Waals surface area contributed by atoms with Crippen LogP contribution in [0.2, 0.25) is 0 Å². The minimum atomic E-state index is -1.26. The van der Waals surface area contributed by atoms with E-state index in [9.17, 15) is 34.3 Å². The van der Waals surface area contributed by atoms with Gasteiger partial charge in [0, 0.05) is 68.4 Å². The SMILES string of the molecule is CCCCCCCCc1ccc(C(=O)C[C@@H](CO)C(=O)N(C)[C@@H]2C(=O)C[C@@H](C)C(=O)N[C@H](C(=O)CCC#N)Cc3ccc(OCCN)c(c3)-c3cc2ccc3OCCN)c(C)c1. The van der Waals surface area contributed by atoms with E-state index in [-0.39, 0.29) is 70.0 Å². The normalized spacial score (nSPS) is 17.0. The molecule has 3 aromatic carbocycles. The zero-order valence-electron chi connectivity index (χ0n) is 36.9. The minimum Gasteiger partial charge on any atom is -0.492 e. The standard InChI is InChI=1S/C49H65N5O8/c1-5-6-7-8-9-10-12-34-14-17-38(32(2)25-34)43(57)30-37(31-55)49(60)54(4)47-36-16-19-46(62-24-22-52)40(29-36)39-27-35(15-18-45(39)61-23-21-51)28-41(42(56)13-11-20-50)53-48(59)33(3)26-44(47)58/h14-19,25,27,29,33,37,41,47,55H,5-13,21-24,26,28,30-31,51-52H2,1-4H3,(H,53,59)/t33-,37+,41+,47+/m1/s1. The number of unbranched alkanes of at least 4 members (excludes halogenated alkanes) is 5. The molecular formula is C49H65N5O8. The average molecular weight is 852 g/mol. The van der Waals surface area contributed by atoms with Gasteiger partial charge in [0.05, 0.1) is 24.6 Å². The molecule has 1 aliphatic heterocycles. The summed E-state index contributed by atoms with van der Waals surface area (Å²) in [6, 6.07) is 15.9. The Hall–Kier alpha value is -5.42. The first-order chi connectivity index (χ1) is 29.9. The van der Waals surface area contributed by atoms with Gasteiger partial charge >= 0.3 is 0 Å². The van der Waals surface area contributed by atoms with Crippen molar-refractivity contribution in [2.45, 2.75) is 110 Å². The van der Waals surface area contributed by atoms with Crippen molar-refractivity contribution in [2.24, 2.45) is 23.3 Å². The van der Waals surface area contributed by atoms with Crippen LogP contribution in [0, 0.1) is 30.1 Å². The van der Waals surface area contributed by atoms with Crippen molar-refractivity contribution in [2.75, 3.05) is 40.0 Å². The van der Waals surface area contributed by atoms with E-state index in [4.69, 9.17) is 20.9 Å². The largest absolute Gasteiger partial charge is 0.492 e. The summed E-state index contributed by atoms with van der Waals surface area (Å²) < 4.78 is 12.2. The van der Waals surface area contributed by atoms with E-state index in [1.165, 1.54) is 37.6 Å². The number of aryl methyl sites for hydroxylation is 2. The lowest BCUT2D eigenvalue weighted by molar-refractivity contribution is -0.143. The van der Waals surface area contributed by atoms with E-state index in [1.54, 1.807) is 43.3 Å². The van der Waals surface area contributed by atoms with Gasteiger partial charge in [-0.2, -0.15) is 5.26 Å². The lowest BCUT2D eigenvalue weighted by atomic mass is 9.88. The number of ketones is 3. The third kappa shape index (κ3) is 13.5. The predicted octanol–water partition coefficient (Wildman–Crippen LogP) is 6.13. The molecule has 334 valence electrons. The van der Waals surface area contributed by atoms with E-state index in [0.717, 1.165) is 30.4 Å². The Morgan fingerprint density at radius 2 is 1.58 bits per heavy atom. The van der Waals surface area contributed by atoms with Gasteiger partial charge in [0.1, 0.15) is 30.8 Å². The van der Waals surface area contributed by atoms with Crippen molar-refractivity contribution >= 4 is 29.2 Å². The molecular weight excluding hydrogens is 787 g/mol. The molecule has 13 heteroatoms. The number of hydrogen-bond donors (Lipinski definition) is 4. The third-order valence-electron chi connectivity index (χ3n) is 11.4. The fraction of sp³-hybridized carbons (Fsp3) is 0.510. The smallest absolute Gasteiger partial charge is 0.229 e. The van der Waals surface area contributed by atoms with Gasteiger partial charge in [0.2, 0.25) is 11.8 Å². The van der Waals surface area contributed by atoms with Crippen molar-refractivity contribution < 1.29 is 38.6 Å². The van der Waals surface area contributed by atoms with E-state index in [0.29, 0.717) is 39.3 Å². The molecule has 3 aromatic rings. The molecule has 4 atom stereocenters. The van der Waals surface area contributed by atoms with Gasteiger partial charge in [-0.05, 0) is 72.7 Å². The number of aliphatic hydroxyl groups is 1. The summed E-state index contributed by atoms with van der Waals surface area (Å²) in [6.45, 7) is 5.78. The number of likely N-dealkylation sites (N-methyl/N-ethyl adjacent to an activating group) is 1. The molecule has 1 heterocycles. The van der Waals surface area contributed by atoms with Crippen molar-refractivity contribution in [3.05, 3.63) is 82.4 Å². The van der Waals surface area contributed by atoms with Crippen molar-refractivity contribution in [1.82, 2.24) is 10.2 Å². The maximum absolute atomic E-state index is 14.6. The average Bonchev–Trinajstić information content (AvgIpc) is 3.26. The van der Waals surface area contributed by atoms with Crippen molar-refractivity contribution in [3.8, 4) is 28.7 Å². The first-order valence-electron chi connectivity index (χ1n) is 22.0. The van der Waals surface area contributed by atoms with E-state index < -0.39 is 48.1 Å². The Bertz CT molecular complexity index is 2060. The van der Waals surface area contributed by atoms with Gasteiger partial charge in [-0.25, -0.2) is 0 Å². The summed E-state index contributed by atoms with van der Waals surface area (Å²) in [6.07, 6.45) is 7.42. The van der Waals surface area contributed by atoms with Crippen LogP contribution in [0.15, 0.2) is 54.6 Å². The van der Waals surface area contributed by atoms with Crippen LogP contribution in [-0.2, 0) is 32.0 Å². The highest BCUT2D eigenvalue weighted by molar-refractivity contribution is 6.01. The molecule has 0 saturated heterocycles. The number of nitrogens with two attached hydrogens (primary N) is 2. The third-order valence-corrected chi connectivity index (χ3v) is 11.4. The van der Waals surface area contributed by atoms with Crippen LogP contribution in [0.5, 0.6) is 11.5 Å². The molecule has 0 aliphatic carbocycles. The van der Waals surface area contributed by atoms with E-state index in [1.807, 2.05) is 31.2 Å². The fourth-order valence-electron chi connectivity index (χ4n) is 7.99. The molecule has 0 aromatic heterocycles. The molecule has 6 N–H and O–H groups in total. The highest BCUT2D eigenvalue weighted by atomic mass is 16.5.